The van der Waals surface area contributed by atoms with Gasteiger partial charge in [-0.15, -0.1) is 0 Å². The summed E-state index contributed by atoms with van der Waals surface area (Å²) in [5.74, 6) is -2.74. The molecule has 0 N–H and O–H groups in total. The second-order valence-electron chi connectivity index (χ2n) is 5.30. The predicted octanol–water partition coefficient (Wildman–Crippen LogP) is 2.26. The first-order chi connectivity index (χ1) is 10.8. The topological polar surface area (TPSA) is 78.9 Å². The summed E-state index contributed by atoms with van der Waals surface area (Å²) in [6.45, 7) is 5.04. The van der Waals surface area contributed by atoms with E-state index in [0.29, 0.717) is 5.56 Å². The Balaban J connectivity index is 3.30. The number of aryl methyl sites for hydroxylation is 2. The summed E-state index contributed by atoms with van der Waals surface area (Å²) in [5, 5.41) is 0. The molecule has 0 heterocycles. The van der Waals surface area contributed by atoms with Crippen LogP contribution >= 0.6 is 0 Å². The molecule has 0 aliphatic heterocycles. The molecule has 6 heteroatoms. The molecule has 2 atom stereocenters. The first-order valence-corrected chi connectivity index (χ1v) is 7.19. The lowest BCUT2D eigenvalue weighted by Gasteiger charge is -2.26. The fourth-order valence-electron chi connectivity index (χ4n) is 2.41. The first-order valence-electron chi connectivity index (χ1n) is 7.19. The van der Waals surface area contributed by atoms with E-state index in [2.05, 4.69) is 4.74 Å². The Morgan fingerprint density at radius 1 is 1.09 bits per heavy atom. The van der Waals surface area contributed by atoms with Crippen molar-refractivity contribution in [2.45, 2.75) is 33.3 Å². The van der Waals surface area contributed by atoms with Gasteiger partial charge in [-0.1, -0.05) is 23.8 Å². The third-order valence-corrected chi connectivity index (χ3v) is 3.51. The Labute approximate surface area is 135 Å². The molecule has 0 amide bonds. The van der Waals surface area contributed by atoms with Crippen molar-refractivity contribution >= 4 is 17.9 Å². The maximum atomic E-state index is 12.1. The van der Waals surface area contributed by atoms with Crippen molar-refractivity contribution in [2.75, 3.05) is 14.2 Å². The smallest absolute Gasteiger partial charge is 0.313 e. The zero-order valence-electron chi connectivity index (χ0n) is 14.0. The summed E-state index contributed by atoms with van der Waals surface area (Å²) in [5.41, 5.74) is 2.55. The van der Waals surface area contributed by atoms with Crippen LogP contribution < -0.4 is 0 Å². The fraction of sp³-hybridized carbons (Fsp3) is 0.471. The molecule has 0 aliphatic carbocycles. The van der Waals surface area contributed by atoms with Gasteiger partial charge in [0.25, 0.3) is 0 Å². The number of carbonyl (C=O) groups is 3. The highest BCUT2D eigenvalue weighted by molar-refractivity contribution is 5.81. The fourth-order valence-corrected chi connectivity index (χ4v) is 2.41. The Morgan fingerprint density at radius 3 is 2.22 bits per heavy atom. The normalized spacial score (nSPS) is 12.9. The highest BCUT2D eigenvalue weighted by Gasteiger charge is 2.36. The summed E-state index contributed by atoms with van der Waals surface area (Å²) in [4.78, 5) is 35.2. The van der Waals surface area contributed by atoms with Crippen LogP contribution in [0.25, 0.3) is 0 Å². The largest absolute Gasteiger partial charge is 0.469 e. The van der Waals surface area contributed by atoms with Crippen molar-refractivity contribution in [2.24, 2.45) is 5.92 Å². The zero-order chi connectivity index (χ0) is 17.6. The minimum Gasteiger partial charge on any atom is -0.469 e. The number of hydrogen-bond acceptors (Lipinski definition) is 6. The van der Waals surface area contributed by atoms with Gasteiger partial charge in [-0.3, -0.25) is 14.4 Å². The molecular formula is C17H22O6. The Morgan fingerprint density at radius 2 is 1.74 bits per heavy atom. The van der Waals surface area contributed by atoms with E-state index < -0.39 is 29.9 Å². The van der Waals surface area contributed by atoms with Gasteiger partial charge in [0.15, 0.2) is 0 Å². The van der Waals surface area contributed by atoms with Crippen molar-refractivity contribution in [1.29, 1.82) is 0 Å². The van der Waals surface area contributed by atoms with E-state index in [4.69, 9.17) is 9.47 Å². The van der Waals surface area contributed by atoms with Crippen LogP contribution in [0.2, 0.25) is 0 Å². The molecule has 0 aliphatic rings. The predicted molar refractivity (Wildman–Crippen MR) is 82.6 cm³/mol. The minimum absolute atomic E-state index is 0.242. The van der Waals surface area contributed by atoms with E-state index in [9.17, 15) is 14.4 Å². The molecule has 1 aromatic rings. The molecule has 6 nitrogen and oxygen atoms in total. The monoisotopic (exact) mass is 322 g/mol. The highest BCUT2D eigenvalue weighted by Crippen LogP contribution is 2.32. The lowest BCUT2D eigenvalue weighted by Crippen LogP contribution is -2.30. The second-order valence-corrected chi connectivity index (χ2v) is 5.30. The lowest BCUT2D eigenvalue weighted by molar-refractivity contribution is -0.164. The average molecular weight is 322 g/mol. The van der Waals surface area contributed by atoms with Crippen LogP contribution in [-0.2, 0) is 28.6 Å². The SMILES string of the molecule is COC(=O)C[C@@H](C(=O)OC)[C@@H](OC(C)=O)c1ccc(C)cc1C. The number of ether oxygens (including phenoxy) is 3. The second kappa shape index (κ2) is 8.31. The standard InChI is InChI=1S/C17H22O6/c1-10-6-7-13(11(2)8-10)16(23-12(3)18)14(17(20)22-5)9-15(19)21-4/h6-8,14,16H,9H2,1-5H3/t14-,16+/m1/s1. The van der Waals surface area contributed by atoms with Crippen molar-refractivity contribution < 1.29 is 28.6 Å². The molecular weight excluding hydrogens is 300 g/mol. The van der Waals surface area contributed by atoms with Gasteiger partial charge in [-0.2, -0.15) is 0 Å². The number of hydrogen-bond donors (Lipinski definition) is 0. The minimum atomic E-state index is -0.974. The molecule has 0 spiro atoms. The van der Waals surface area contributed by atoms with Gasteiger partial charge < -0.3 is 14.2 Å². The molecule has 0 saturated carbocycles. The number of carbonyl (C=O) groups excluding carboxylic acids is 3. The molecule has 0 aromatic heterocycles. The Bertz CT molecular complexity index is 593. The Kier molecular flexibility index (Phi) is 6.75. The van der Waals surface area contributed by atoms with Crippen molar-refractivity contribution in [1.82, 2.24) is 0 Å². The third kappa shape index (κ3) is 5.09. The van der Waals surface area contributed by atoms with Crippen LogP contribution in [0.1, 0.15) is 36.1 Å². The number of methoxy groups -OCH3 is 2. The summed E-state index contributed by atoms with van der Waals surface area (Å²) in [6, 6.07) is 5.55. The summed E-state index contributed by atoms with van der Waals surface area (Å²) in [6.07, 6.45) is -1.16. The van der Waals surface area contributed by atoms with Gasteiger partial charge in [0.2, 0.25) is 0 Å². The highest BCUT2D eigenvalue weighted by atomic mass is 16.6. The van der Waals surface area contributed by atoms with E-state index in [1.54, 1.807) is 6.07 Å². The molecule has 1 rings (SSSR count). The van der Waals surface area contributed by atoms with Crippen molar-refractivity contribution in [3.8, 4) is 0 Å². The van der Waals surface area contributed by atoms with E-state index in [1.165, 1.54) is 21.1 Å². The van der Waals surface area contributed by atoms with Gasteiger partial charge in [-0.05, 0) is 25.0 Å². The van der Waals surface area contributed by atoms with Gasteiger partial charge >= 0.3 is 17.9 Å². The van der Waals surface area contributed by atoms with Crippen LogP contribution in [0.15, 0.2) is 18.2 Å². The van der Waals surface area contributed by atoms with Crippen LogP contribution in [0, 0.1) is 19.8 Å². The average Bonchev–Trinajstić information content (AvgIpc) is 2.49. The molecule has 1 aromatic carbocycles. The van der Waals surface area contributed by atoms with Crippen LogP contribution in [0.5, 0.6) is 0 Å². The molecule has 23 heavy (non-hydrogen) atoms. The van der Waals surface area contributed by atoms with E-state index in [-0.39, 0.29) is 6.42 Å². The molecule has 0 fully saturated rings. The number of esters is 3. The van der Waals surface area contributed by atoms with Gasteiger partial charge in [0.1, 0.15) is 12.0 Å². The molecule has 0 saturated heterocycles. The van der Waals surface area contributed by atoms with Gasteiger partial charge in [0.05, 0.1) is 20.6 Å². The molecule has 126 valence electrons. The zero-order valence-corrected chi connectivity index (χ0v) is 14.0. The molecule has 0 radical (unpaired) electrons. The molecule has 0 unspecified atom stereocenters. The lowest BCUT2D eigenvalue weighted by atomic mass is 9.89. The maximum Gasteiger partial charge on any atom is 0.313 e. The van der Waals surface area contributed by atoms with E-state index in [1.807, 2.05) is 26.0 Å². The summed E-state index contributed by atoms with van der Waals surface area (Å²) in [7, 11) is 2.45. The van der Waals surface area contributed by atoms with Gasteiger partial charge in [0, 0.05) is 6.92 Å². The van der Waals surface area contributed by atoms with E-state index in [0.717, 1.165) is 11.1 Å². The summed E-state index contributed by atoms with van der Waals surface area (Å²) < 4.78 is 14.7. The maximum absolute atomic E-state index is 12.1. The van der Waals surface area contributed by atoms with Crippen LogP contribution in [0.4, 0.5) is 0 Å². The van der Waals surface area contributed by atoms with Gasteiger partial charge in [-0.25, -0.2) is 0 Å². The van der Waals surface area contributed by atoms with Crippen LogP contribution in [-0.4, -0.2) is 32.1 Å². The third-order valence-electron chi connectivity index (χ3n) is 3.51. The number of rotatable bonds is 6. The summed E-state index contributed by atoms with van der Waals surface area (Å²) >= 11 is 0. The van der Waals surface area contributed by atoms with Crippen molar-refractivity contribution in [3.05, 3.63) is 34.9 Å². The van der Waals surface area contributed by atoms with Crippen LogP contribution in [0.3, 0.4) is 0 Å². The quantitative estimate of drug-likeness (QED) is 0.590. The Hall–Kier alpha value is -2.37. The number of benzene rings is 1. The van der Waals surface area contributed by atoms with Crippen molar-refractivity contribution in [3.63, 3.8) is 0 Å². The first kappa shape index (κ1) is 18.7. The van der Waals surface area contributed by atoms with E-state index >= 15 is 0 Å². The molecule has 0 bridgehead atoms.